The summed E-state index contributed by atoms with van der Waals surface area (Å²) >= 11 is 5.79. The summed E-state index contributed by atoms with van der Waals surface area (Å²) in [5, 5.41) is 9.58. The van der Waals surface area contributed by atoms with Crippen molar-refractivity contribution in [1.29, 1.82) is 0 Å². The zero-order chi connectivity index (χ0) is 15.5. The van der Waals surface area contributed by atoms with Crippen LogP contribution in [0.2, 0.25) is 5.02 Å². The minimum Gasteiger partial charge on any atom is -0.480 e. The second kappa shape index (κ2) is 6.56. The topological polar surface area (TPSA) is 83.5 Å². The highest BCUT2D eigenvalue weighted by atomic mass is 35.5. The molecule has 5 nitrogen and oxygen atoms in total. The predicted molar refractivity (Wildman–Crippen MR) is 77.4 cm³/mol. The number of aliphatic carboxylic acids is 1. The average molecular weight is 320 g/mol. The summed E-state index contributed by atoms with van der Waals surface area (Å²) in [6.07, 6.45) is 0.555. The van der Waals surface area contributed by atoms with Crippen LogP contribution < -0.4 is 4.72 Å². The molecule has 7 heteroatoms. The number of aryl methyl sites for hydroxylation is 1. The van der Waals surface area contributed by atoms with Crippen LogP contribution in [0.3, 0.4) is 0 Å². The first-order chi connectivity index (χ1) is 9.19. The Morgan fingerprint density at radius 2 is 2.05 bits per heavy atom. The molecule has 0 amide bonds. The number of nitrogens with one attached hydrogen (secondary N) is 1. The Labute approximate surface area is 124 Å². The molecule has 1 rings (SSSR count). The highest BCUT2D eigenvalue weighted by molar-refractivity contribution is 7.89. The van der Waals surface area contributed by atoms with E-state index in [1.165, 1.54) is 18.2 Å². The molecule has 112 valence electrons. The molecule has 20 heavy (non-hydrogen) atoms. The Morgan fingerprint density at radius 3 is 2.50 bits per heavy atom. The molecule has 2 N–H and O–H groups in total. The fourth-order valence-corrected chi connectivity index (χ4v) is 3.54. The van der Waals surface area contributed by atoms with Gasteiger partial charge < -0.3 is 5.11 Å². The van der Waals surface area contributed by atoms with Gasteiger partial charge in [0.05, 0.1) is 4.90 Å². The van der Waals surface area contributed by atoms with Gasteiger partial charge in [-0.25, -0.2) is 8.42 Å². The van der Waals surface area contributed by atoms with Gasteiger partial charge in [0.25, 0.3) is 0 Å². The molecule has 1 aromatic rings. The van der Waals surface area contributed by atoms with Crippen LogP contribution >= 0.6 is 11.6 Å². The Morgan fingerprint density at radius 1 is 1.45 bits per heavy atom. The Bertz CT molecular complexity index is 600. The van der Waals surface area contributed by atoms with Crippen molar-refractivity contribution >= 4 is 27.6 Å². The molecule has 0 aliphatic carbocycles. The van der Waals surface area contributed by atoms with E-state index >= 15 is 0 Å². The van der Waals surface area contributed by atoms with Crippen molar-refractivity contribution in [3.8, 4) is 0 Å². The molecule has 0 bridgehead atoms. The summed E-state index contributed by atoms with van der Waals surface area (Å²) < 4.78 is 26.8. The van der Waals surface area contributed by atoms with E-state index in [9.17, 15) is 13.2 Å². The first-order valence-electron chi connectivity index (χ1n) is 6.20. The minimum atomic E-state index is -3.90. The largest absolute Gasteiger partial charge is 0.480 e. The third kappa shape index (κ3) is 3.94. The van der Waals surface area contributed by atoms with Crippen LogP contribution in [0.15, 0.2) is 23.1 Å². The van der Waals surface area contributed by atoms with E-state index in [4.69, 9.17) is 16.7 Å². The molecule has 0 radical (unpaired) electrons. The zero-order valence-electron chi connectivity index (χ0n) is 11.6. The van der Waals surface area contributed by atoms with Crippen LogP contribution in [-0.4, -0.2) is 25.5 Å². The van der Waals surface area contributed by atoms with Crippen LogP contribution in [0.25, 0.3) is 0 Å². The second-order valence-corrected chi connectivity index (χ2v) is 6.85. The molecule has 0 spiro atoms. The smallest absolute Gasteiger partial charge is 0.322 e. The number of carboxylic acids is 1. The minimum absolute atomic E-state index is 0.0384. The van der Waals surface area contributed by atoms with Crippen molar-refractivity contribution in [2.45, 2.75) is 38.1 Å². The van der Waals surface area contributed by atoms with E-state index in [2.05, 4.69) is 4.72 Å². The second-order valence-electron chi connectivity index (χ2n) is 4.73. The summed E-state index contributed by atoms with van der Waals surface area (Å²) in [7, 11) is -3.90. The number of hydrogen-bond acceptors (Lipinski definition) is 3. The van der Waals surface area contributed by atoms with Gasteiger partial charge in [0.15, 0.2) is 0 Å². The molecule has 0 aliphatic rings. The highest BCUT2D eigenvalue weighted by Crippen LogP contribution is 2.21. The molecular formula is C13H18ClNO4S. The molecule has 0 heterocycles. The molecule has 0 aliphatic heterocycles. The van der Waals surface area contributed by atoms with Gasteiger partial charge in [0.2, 0.25) is 10.0 Å². The van der Waals surface area contributed by atoms with Gasteiger partial charge in [0.1, 0.15) is 6.04 Å². The SMILES string of the molecule is CCC(C)C(NS(=O)(=O)c1ccc(Cl)cc1C)C(=O)O. The lowest BCUT2D eigenvalue weighted by Gasteiger charge is -2.20. The summed E-state index contributed by atoms with van der Waals surface area (Å²) in [6.45, 7) is 5.11. The zero-order valence-corrected chi connectivity index (χ0v) is 13.1. The molecule has 0 saturated carbocycles. The fourth-order valence-electron chi connectivity index (χ4n) is 1.79. The quantitative estimate of drug-likeness (QED) is 0.843. The number of benzene rings is 1. The Balaban J connectivity index is 3.13. The van der Waals surface area contributed by atoms with Gasteiger partial charge in [-0.1, -0.05) is 31.9 Å². The van der Waals surface area contributed by atoms with Crippen LogP contribution in [0.1, 0.15) is 25.8 Å². The monoisotopic (exact) mass is 319 g/mol. The van der Waals surface area contributed by atoms with Gasteiger partial charge in [0, 0.05) is 5.02 Å². The van der Waals surface area contributed by atoms with Crippen molar-refractivity contribution in [1.82, 2.24) is 4.72 Å². The summed E-state index contributed by atoms with van der Waals surface area (Å²) in [5.74, 6) is -1.50. The lowest BCUT2D eigenvalue weighted by molar-refractivity contribution is -0.140. The van der Waals surface area contributed by atoms with Crippen molar-refractivity contribution in [2.24, 2.45) is 5.92 Å². The molecule has 0 aromatic heterocycles. The van der Waals surface area contributed by atoms with Crippen LogP contribution in [0.5, 0.6) is 0 Å². The van der Waals surface area contributed by atoms with Gasteiger partial charge in [-0.2, -0.15) is 4.72 Å². The third-order valence-electron chi connectivity index (χ3n) is 3.19. The highest BCUT2D eigenvalue weighted by Gasteiger charge is 2.30. The van der Waals surface area contributed by atoms with Gasteiger partial charge in [-0.15, -0.1) is 0 Å². The number of hydrogen-bond donors (Lipinski definition) is 2. The van der Waals surface area contributed by atoms with Gasteiger partial charge >= 0.3 is 5.97 Å². The van der Waals surface area contributed by atoms with E-state index in [0.29, 0.717) is 17.0 Å². The van der Waals surface area contributed by atoms with Crippen LogP contribution in [0, 0.1) is 12.8 Å². The van der Waals surface area contributed by atoms with Crippen molar-refractivity contribution in [3.05, 3.63) is 28.8 Å². The maximum atomic E-state index is 12.3. The van der Waals surface area contributed by atoms with Crippen LogP contribution in [0.4, 0.5) is 0 Å². The van der Waals surface area contributed by atoms with Gasteiger partial charge in [-0.3, -0.25) is 4.79 Å². The standard InChI is InChI=1S/C13H18ClNO4S/c1-4-8(2)12(13(16)17)15-20(18,19)11-6-5-10(14)7-9(11)3/h5-8,12,15H,4H2,1-3H3,(H,16,17). The Kier molecular flexibility index (Phi) is 5.56. The van der Waals surface area contributed by atoms with E-state index < -0.39 is 22.0 Å². The van der Waals surface area contributed by atoms with Crippen LogP contribution in [-0.2, 0) is 14.8 Å². The lowest BCUT2D eigenvalue weighted by atomic mass is 10.0. The molecule has 0 saturated heterocycles. The number of rotatable bonds is 6. The molecule has 2 unspecified atom stereocenters. The van der Waals surface area contributed by atoms with Crippen molar-refractivity contribution < 1.29 is 18.3 Å². The lowest BCUT2D eigenvalue weighted by Crippen LogP contribution is -2.45. The third-order valence-corrected chi connectivity index (χ3v) is 5.02. The predicted octanol–water partition coefficient (Wildman–Crippen LogP) is 2.43. The maximum Gasteiger partial charge on any atom is 0.322 e. The van der Waals surface area contributed by atoms with E-state index in [-0.39, 0.29) is 10.8 Å². The normalized spacial score (nSPS) is 14.8. The number of carboxylic acid groups (broad SMARTS) is 1. The van der Waals surface area contributed by atoms with E-state index in [1.807, 2.05) is 6.92 Å². The fraction of sp³-hybridized carbons (Fsp3) is 0.462. The molecule has 2 atom stereocenters. The summed E-state index contributed by atoms with van der Waals surface area (Å²) in [5.41, 5.74) is 0.471. The van der Waals surface area contributed by atoms with Crippen molar-refractivity contribution in [3.63, 3.8) is 0 Å². The first-order valence-corrected chi connectivity index (χ1v) is 8.06. The maximum absolute atomic E-state index is 12.3. The number of sulfonamides is 1. The molecule has 0 fully saturated rings. The molecular weight excluding hydrogens is 302 g/mol. The summed E-state index contributed by atoms with van der Waals surface area (Å²) in [4.78, 5) is 11.2. The molecule has 1 aromatic carbocycles. The van der Waals surface area contributed by atoms with Gasteiger partial charge in [-0.05, 0) is 36.6 Å². The number of halogens is 1. The summed E-state index contributed by atoms with van der Waals surface area (Å²) in [6, 6.07) is 3.20. The van der Waals surface area contributed by atoms with E-state index in [0.717, 1.165) is 0 Å². The van der Waals surface area contributed by atoms with Crippen molar-refractivity contribution in [2.75, 3.05) is 0 Å². The first kappa shape index (κ1) is 16.9. The number of carbonyl (C=O) groups is 1. The Hall–Kier alpha value is -1.11. The van der Waals surface area contributed by atoms with E-state index in [1.54, 1.807) is 13.8 Å². The average Bonchev–Trinajstić information content (AvgIpc) is 2.34.